The Morgan fingerprint density at radius 3 is 2.48 bits per heavy atom. The van der Waals surface area contributed by atoms with E-state index in [4.69, 9.17) is 0 Å². The number of hydrogen-bond acceptors (Lipinski definition) is 4. The topological polar surface area (TPSA) is 43.6 Å². The van der Waals surface area contributed by atoms with Crippen LogP contribution in [0.15, 0.2) is 35.6 Å². The molecule has 0 radical (unpaired) electrons. The summed E-state index contributed by atoms with van der Waals surface area (Å²) in [6.07, 6.45) is -0.205. The minimum atomic E-state index is -4.44. The zero-order valence-electron chi connectivity index (χ0n) is 14.2. The van der Waals surface area contributed by atoms with Crippen LogP contribution in [0.25, 0.3) is 22.6 Å². The van der Waals surface area contributed by atoms with Gasteiger partial charge in [-0.05, 0) is 12.1 Å². The Kier molecular flexibility index (Phi) is 4.26. The van der Waals surface area contributed by atoms with Gasteiger partial charge in [0.05, 0.1) is 5.56 Å². The van der Waals surface area contributed by atoms with E-state index in [2.05, 4.69) is 35.7 Å². The maximum Gasteiger partial charge on any atom is 0.417 e. The lowest BCUT2D eigenvalue weighted by molar-refractivity contribution is -0.137. The summed E-state index contributed by atoms with van der Waals surface area (Å²) in [6, 6.07) is 2.85. The molecule has 132 valence electrons. The first-order chi connectivity index (χ1) is 11.6. The van der Waals surface area contributed by atoms with Crippen LogP contribution in [0.4, 0.5) is 13.2 Å². The fourth-order valence-electron chi connectivity index (χ4n) is 2.45. The molecule has 0 atom stereocenters. The van der Waals surface area contributed by atoms with Gasteiger partial charge >= 0.3 is 6.18 Å². The van der Waals surface area contributed by atoms with Crippen LogP contribution < -0.4 is 0 Å². The van der Waals surface area contributed by atoms with Gasteiger partial charge in [-0.25, -0.2) is 9.97 Å². The van der Waals surface area contributed by atoms with Crippen LogP contribution in [0.1, 0.15) is 26.3 Å². The first-order valence-corrected chi connectivity index (χ1v) is 8.41. The molecule has 0 spiro atoms. The SMILES string of the molecule is Cn1c(-c2ccncc2SC(C)(C)C)nc2cc(C(F)(F)F)cnc21. The van der Waals surface area contributed by atoms with E-state index in [-0.39, 0.29) is 10.3 Å². The van der Waals surface area contributed by atoms with Gasteiger partial charge in [-0.1, -0.05) is 20.8 Å². The van der Waals surface area contributed by atoms with E-state index >= 15 is 0 Å². The second-order valence-electron chi connectivity index (χ2n) is 6.65. The van der Waals surface area contributed by atoms with Gasteiger partial charge in [0, 0.05) is 40.8 Å². The summed E-state index contributed by atoms with van der Waals surface area (Å²) in [7, 11) is 1.75. The summed E-state index contributed by atoms with van der Waals surface area (Å²) < 4.78 is 40.4. The molecular weight excluding hydrogens is 349 g/mol. The normalized spacial score (nSPS) is 12.8. The molecule has 0 aliphatic carbocycles. The highest BCUT2D eigenvalue weighted by atomic mass is 32.2. The maximum atomic E-state index is 12.9. The second-order valence-corrected chi connectivity index (χ2v) is 8.51. The highest BCUT2D eigenvalue weighted by Crippen LogP contribution is 2.38. The molecule has 0 aromatic carbocycles. The Bertz CT molecular complexity index is 926. The third kappa shape index (κ3) is 3.63. The van der Waals surface area contributed by atoms with Crippen molar-refractivity contribution in [3.63, 3.8) is 0 Å². The molecule has 3 aromatic rings. The van der Waals surface area contributed by atoms with E-state index in [0.717, 1.165) is 22.7 Å². The minimum absolute atomic E-state index is 0.0376. The molecule has 0 saturated carbocycles. The molecular formula is C17H17F3N4S. The monoisotopic (exact) mass is 366 g/mol. The number of aromatic nitrogens is 4. The Labute approximate surface area is 147 Å². The average Bonchev–Trinajstić information content (AvgIpc) is 2.82. The third-order valence-electron chi connectivity index (χ3n) is 3.48. The van der Waals surface area contributed by atoms with Crippen LogP contribution in [-0.2, 0) is 13.2 Å². The Morgan fingerprint density at radius 1 is 1.12 bits per heavy atom. The quantitative estimate of drug-likeness (QED) is 0.603. The van der Waals surface area contributed by atoms with Crippen molar-refractivity contribution in [1.82, 2.24) is 19.5 Å². The standard InChI is InChI=1S/C17H17F3N4S/c1-16(2,3)25-13-9-21-6-5-11(13)14-23-12-7-10(17(18,19)20)8-22-15(12)24(14)4/h5-9H,1-4H3. The van der Waals surface area contributed by atoms with E-state index in [9.17, 15) is 13.2 Å². The van der Waals surface area contributed by atoms with E-state index in [0.29, 0.717) is 11.5 Å². The van der Waals surface area contributed by atoms with E-state index in [1.54, 1.807) is 35.8 Å². The van der Waals surface area contributed by atoms with E-state index < -0.39 is 11.7 Å². The molecule has 3 rings (SSSR count). The number of thioether (sulfide) groups is 1. The summed E-state index contributed by atoms with van der Waals surface area (Å²) >= 11 is 1.63. The number of fused-ring (bicyclic) bond motifs is 1. The fourth-order valence-corrected chi connectivity index (χ4v) is 3.49. The minimum Gasteiger partial charge on any atom is -0.312 e. The van der Waals surface area contributed by atoms with E-state index in [1.165, 1.54) is 0 Å². The largest absolute Gasteiger partial charge is 0.417 e. The Hall–Kier alpha value is -2.09. The summed E-state index contributed by atoms with van der Waals surface area (Å²) in [5.41, 5.74) is 0.648. The lowest BCUT2D eigenvalue weighted by Gasteiger charge is -2.19. The second kappa shape index (κ2) is 6.01. The van der Waals surface area contributed by atoms with Crippen LogP contribution in [0, 0.1) is 0 Å². The van der Waals surface area contributed by atoms with E-state index in [1.807, 2.05) is 6.07 Å². The summed E-state index contributed by atoms with van der Waals surface area (Å²) in [5.74, 6) is 0.566. The van der Waals surface area contributed by atoms with Gasteiger partial charge in [0.25, 0.3) is 0 Å². The van der Waals surface area contributed by atoms with Crippen molar-refractivity contribution in [3.8, 4) is 11.4 Å². The molecule has 0 aliphatic rings. The highest BCUT2D eigenvalue weighted by Gasteiger charge is 2.32. The first-order valence-electron chi connectivity index (χ1n) is 7.59. The number of rotatable bonds is 2. The number of nitrogens with zero attached hydrogens (tertiary/aromatic N) is 4. The molecule has 0 unspecified atom stereocenters. The van der Waals surface area contributed by atoms with Crippen molar-refractivity contribution in [2.45, 2.75) is 36.6 Å². The highest BCUT2D eigenvalue weighted by molar-refractivity contribution is 8.00. The number of alkyl halides is 3. The summed E-state index contributed by atoms with van der Waals surface area (Å²) in [6.45, 7) is 6.25. The first kappa shape index (κ1) is 17.7. The van der Waals surface area contributed by atoms with Gasteiger partial charge in [0.15, 0.2) is 5.65 Å². The van der Waals surface area contributed by atoms with Gasteiger partial charge in [-0.2, -0.15) is 13.2 Å². The van der Waals surface area contributed by atoms with Gasteiger partial charge in [-0.3, -0.25) is 4.98 Å². The van der Waals surface area contributed by atoms with Crippen molar-refractivity contribution in [2.24, 2.45) is 7.05 Å². The summed E-state index contributed by atoms with van der Waals surface area (Å²) in [4.78, 5) is 13.4. The number of halogens is 3. The van der Waals surface area contributed by atoms with Crippen molar-refractivity contribution >= 4 is 22.9 Å². The van der Waals surface area contributed by atoms with Gasteiger partial charge in [-0.15, -0.1) is 11.8 Å². The number of pyridine rings is 2. The fraction of sp³-hybridized carbons (Fsp3) is 0.353. The summed E-state index contributed by atoms with van der Waals surface area (Å²) in [5, 5.41) is 0. The molecule has 25 heavy (non-hydrogen) atoms. The van der Waals surface area contributed by atoms with Crippen LogP contribution in [0.2, 0.25) is 0 Å². The van der Waals surface area contributed by atoms with Crippen molar-refractivity contribution in [3.05, 3.63) is 36.3 Å². The third-order valence-corrected chi connectivity index (χ3v) is 4.64. The smallest absolute Gasteiger partial charge is 0.312 e. The van der Waals surface area contributed by atoms with Crippen LogP contribution in [0.5, 0.6) is 0 Å². The Balaban J connectivity index is 2.16. The predicted molar refractivity (Wildman–Crippen MR) is 92.4 cm³/mol. The lowest BCUT2D eigenvalue weighted by Crippen LogP contribution is -2.07. The molecule has 0 N–H and O–H groups in total. The van der Waals surface area contributed by atoms with Crippen LogP contribution in [-0.4, -0.2) is 24.3 Å². The number of hydrogen-bond donors (Lipinski definition) is 0. The molecule has 0 aliphatic heterocycles. The van der Waals surface area contributed by atoms with Crippen molar-refractivity contribution < 1.29 is 13.2 Å². The zero-order chi connectivity index (χ0) is 18.4. The number of aryl methyl sites for hydroxylation is 1. The van der Waals surface area contributed by atoms with Crippen LogP contribution >= 0.6 is 11.8 Å². The van der Waals surface area contributed by atoms with Gasteiger partial charge in [0.2, 0.25) is 0 Å². The molecule has 3 heterocycles. The van der Waals surface area contributed by atoms with Gasteiger partial charge in [0.1, 0.15) is 11.3 Å². The van der Waals surface area contributed by atoms with Crippen molar-refractivity contribution in [1.29, 1.82) is 0 Å². The molecule has 0 saturated heterocycles. The van der Waals surface area contributed by atoms with Gasteiger partial charge < -0.3 is 4.57 Å². The average molecular weight is 366 g/mol. The molecule has 0 fully saturated rings. The molecule has 0 bridgehead atoms. The lowest BCUT2D eigenvalue weighted by atomic mass is 10.2. The Morgan fingerprint density at radius 2 is 1.84 bits per heavy atom. The predicted octanol–water partition coefficient (Wildman–Crippen LogP) is 4.94. The maximum absolute atomic E-state index is 12.9. The molecule has 3 aromatic heterocycles. The zero-order valence-corrected chi connectivity index (χ0v) is 15.0. The van der Waals surface area contributed by atoms with Crippen molar-refractivity contribution in [2.75, 3.05) is 0 Å². The molecule has 0 amide bonds. The van der Waals surface area contributed by atoms with Crippen LogP contribution in [0.3, 0.4) is 0 Å². The molecule has 4 nitrogen and oxygen atoms in total. The molecule has 8 heteroatoms. The number of imidazole rings is 1.